The summed E-state index contributed by atoms with van der Waals surface area (Å²) in [5.41, 5.74) is 1.09. The van der Waals surface area contributed by atoms with E-state index in [1.165, 1.54) is 0 Å². The van der Waals surface area contributed by atoms with Crippen LogP contribution in [-0.4, -0.2) is 18.6 Å². The number of aromatic nitrogens is 1. The van der Waals surface area contributed by atoms with Gasteiger partial charge < -0.3 is 10.1 Å². The van der Waals surface area contributed by atoms with Crippen molar-refractivity contribution in [3.05, 3.63) is 53.7 Å². The molecule has 0 bridgehead atoms. The van der Waals surface area contributed by atoms with Gasteiger partial charge in [-0.25, -0.2) is 13.8 Å². The molecule has 0 spiro atoms. The van der Waals surface area contributed by atoms with Crippen molar-refractivity contribution in [2.45, 2.75) is 6.42 Å². The van der Waals surface area contributed by atoms with Crippen LogP contribution in [0.15, 0.2) is 36.5 Å². The molecule has 3 nitrogen and oxygen atoms in total. The van der Waals surface area contributed by atoms with Crippen LogP contribution < -0.4 is 10.1 Å². The van der Waals surface area contributed by atoms with Gasteiger partial charge >= 0.3 is 0 Å². The normalized spacial score (nSPS) is 10.3. The fourth-order valence-electron chi connectivity index (χ4n) is 1.66. The van der Waals surface area contributed by atoms with Crippen molar-refractivity contribution in [2.24, 2.45) is 0 Å². The lowest BCUT2D eigenvalue weighted by Gasteiger charge is -2.07. The summed E-state index contributed by atoms with van der Waals surface area (Å²) in [6.07, 6.45) is 1.70. The van der Waals surface area contributed by atoms with E-state index in [1.54, 1.807) is 7.11 Å². The van der Waals surface area contributed by atoms with Gasteiger partial charge in [-0.05, 0) is 24.1 Å². The van der Waals surface area contributed by atoms with Gasteiger partial charge in [0.25, 0.3) is 0 Å². The molecule has 19 heavy (non-hydrogen) atoms. The molecule has 0 unspecified atom stereocenters. The summed E-state index contributed by atoms with van der Waals surface area (Å²) in [6.45, 7) is 0.516. The topological polar surface area (TPSA) is 34.1 Å². The zero-order valence-electron chi connectivity index (χ0n) is 10.5. The molecule has 0 amide bonds. The number of nitrogens with zero attached hydrogens (tertiary/aromatic N) is 1. The van der Waals surface area contributed by atoms with Crippen LogP contribution in [0.5, 0.6) is 5.75 Å². The van der Waals surface area contributed by atoms with Crippen LogP contribution in [0.3, 0.4) is 0 Å². The number of hydrogen-bond acceptors (Lipinski definition) is 3. The van der Waals surface area contributed by atoms with Crippen molar-refractivity contribution in [3.8, 4) is 5.75 Å². The van der Waals surface area contributed by atoms with Gasteiger partial charge in [0.2, 0.25) is 0 Å². The van der Waals surface area contributed by atoms with Gasteiger partial charge in [-0.15, -0.1) is 0 Å². The minimum Gasteiger partial charge on any atom is -0.497 e. The molecule has 5 heteroatoms. The number of anilines is 1. The Hall–Kier alpha value is -2.17. The van der Waals surface area contributed by atoms with Crippen molar-refractivity contribution >= 4 is 5.82 Å². The van der Waals surface area contributed by atoms with Gasteiger partial charge in [0, 0.05) is 12.6 Å². The van der Waals surface area contributed by atoms with Crippen LogP contribution in [0.25, 0.3) is 0 Å². The number of hydrogen-bond donors (Lipinski definition) is 1. The number of nitrogens with one attached hydrogen (secondary N) is 1. The predicted octanol–water partition coefficient (Wildman–Crippen LogP) is 3.02. The van der Waals surface area contributed by atoms with Crippen LogP contribution in [0.1, 0.15) is 5.56 Å². The Balaban J connectivity index is 1.88. The number of halogens is 2. The van der Waals surface area contributed by atoms with Gasteiger partial charge in [-0.2, -0.15) is 0 Å². The number of methoxy groups -OCH3 is 1. The first-order valence-corrected chi connectivity index (χ1v) is 5.87. The zero-order chi connectivity index (χ0) is 13.7. The molecule has 100 valence electrons. The minimum atomic E-state index is -0.685. The Bertz CT molecular complexity index is 544. The molecule has 0 aliphatic heterocycles. The summed E-state index contributed by atoms with van der Waals surface area (Å²) in [4.78, 5) is 3.66. The Kier molecular flexibility index (Phi) is 4.28. The fraction of sp³-hybridized carbons (Fsp3) is 0.214. The summed E-state index contributed by atoms with van der Waals surface area (Å²) in [6, 6.07) is 8.42. The maximum Gasteiger partial charge on any atom is 0.168 e. The highest BCUT2D eigenvalue weighted by atomic mass is 19.1. The second kappa shape index (κ2) is 6.13. The van der Waals surface area contributed by atoms with E-state index in [0.29, 0.717) is 13.0 Å². The van der Waals surface area contributed by atoms with E-state index < -0.39 is 11.6 Å². The quantitative estimate of drug-likeness (QED) is 0.901. The number of ether oxygens (including phenoxy) is 1. The van der Waals surface area contributed by atoms with Gasteiger partial charge in [0.05, 0.1) is 13.3 Å². The molecule has 0 aliphatic carbocycles. The van der Waals surface area contributed by atoms with Crippen molar-refractivity contribution in [1.29, 1.82) is 0 Å². The van der Waals surface area contributed by atoms with E-state index in [1.807, 2.05) is 24.3 Å². The molecule has 0 radical (unpaired) electrons. The molecule has 0 aliphatic rings. The molecule has 1 heterocycles. The van der Waals surface area contributed by atoms with Crippen molar-refractivity contribution < 1.29 is 13.5 Å². The number of benzene rings is 1. The Morgan fingerprint density at radius 1 is 1.21 bits per heavy atom. The summed E-state index contributed by atoms with van der Waals surface area (Å²) in [5.74, 6) is -0.509. The van der Waals surface area contributed by atoms with Crippen LogP contribution in [0, 0.1) is 11.6 Å². The van der Waals surface area contributed by atoms with Crippen LogP contribution >= 0.6 is 0 Å². The molecule has 1 aromatic carbocycles. The highest BCUT2D eigenvalue weighted by Crippen LogP contribution is 2.13. The highest BCUT2D eigenvalue weighted by Gasteiger charge is 2.04. The monoisotopic (exact) mass is 264 g/mol. The standard InChI is InChI=1S/C14H14F2N2O/c1-19-12-4-2-10(3-5-12)6-7-17-14-13(16)8-11(15)9-18-14/h2-5,8-9H,6-7H2,1H3,(H,17,18). The second-order valence-corrected chi connectivity index (χ2v) is 4.01. The average Bonchev–Trinajstić information content (AvgIpc) is 2.42. The molecule has 0 saturated heterocycles. The SMILES string of the molecule is COc1ccc(CCNc2ncc(F)cc2F)cc1. The third kappa shape index (κ3) is 3.64. The highest BCUT2D eigenvalue weighted by molar-refractivity contribution is 5.36. The van der Waals surface area contributed by atoms with Gasteiger partial charge in [-0.1, -0.05) is 12.1 Å². The summed E-state index contributed by atoms with van der Waals surface area (Å²) in [5, 5.41) is 2.83. The van der Waals surface area contributed by atoms with Crippen LogP contribution in [0.4, 0.5) is 14.6 Å². The minimum absolute atomic E-state index is 0.0647. The van der Waals surface area contributed by atoms with E-state index >= 15 is 0 Å². The maximum absolute atomic E-state index is 13.3. The third-order valence-corrected chi connectivity index (χ3v) is 2.67. The van der Waals surface area contributed by atoms with Crippen molar-refractivity contribution in [1.82, 2.24) is 4.98 Å². The van der Waals surface area contributed by atoms with Crippen LogP contribution in [0.2, 0.25) is 0 Å². The maximum atomic E-state index is 13.3. The van der Waals surface area contributed by atoms with E-state index in [0.717, 1.165) is 23.6 Å². The average molecular weight is 264 g/mol. The molecule has 2 rings (SSSR count). The molecule has 0 atom stereocenters. The zero-order valence-corrected chi connectivity index (χ0v) is 10.5. The Morgan fingerprint density at radius 3 is 2.58 bits per heavy atom. The second-order valence-electron chi connectivity index (χ2n) is 4.01. The van der Waals surface area contributed by atoms with Crippen molar-refractivity contribution in [3.63, 3.8) is 0 Å². The Morgan fingerprint density at radius 2 is 1.95 bits per heavy atom. The molecular weight excluding hydrogens is 250 g/mol. The molecular formula is C14H14F2N2O. The van der Waals surface area contributed by atoms with Crippen LogP contribution in [-0.2, 0) is 6.42 Å². The third-order valence-electron chi connectivity index (χ3n) is 2.67. The molecule has 0 fully saturated rings. The molecule has 1 aromatic heterocycles. The lowest BCUT2D eigenvalue weighted by molar-refractivity contribution is 0.414. The molecule has 2 aromatic rings. The first-order chi connectivity index (χ1) is 9.19. The summed E-state index contributed by atoms with van der Waals surface area (Å²) < 4.78 is 31.0. The fourth-order valence-corrected chi connectivity index (χ4v) is 1.66. The largest absolute Gasteiger partial charge is 0.497 e. The predicted molar refractivity (Wildman–Crippen MR) is 69.3 cm³/mol. The first-order valence-electron chi connectivity index (χ1n) is 5.87. The van der Waals surface area contributed by atoms with Gasteiger partial charge in [-0.3, -0.25) is 0 Å². The summed E-state index contributed by atoms with van der Waals surface area (Å²) in [7, 11) is 1.61. The van der Waals surface area contributed by atoms with Gasteiger partial charge in [0.1, 0.15) is 11.6 Å². The van der Waals surface area contributed by atoms with E-state index in [-0.39, 0.29) is 5.82 Å². The molecule has 1 N–H and O–H groups in total. The lowest BCUT2D eigenvalue weighted by atomic mass is 10.1. The number of pyridine rings is 1. The number of rotatable bonds is 5. The lowest BCUT2D eigenvalue weighted by Crippen LogP contribution is -2.08. The summed E-state index contributed by atoms with van der Waals surface area (Å²) >= 11 is 0. The van der Waals surface area contributed by atoms with E-state index in [4.69, 9.17) is 4.74 Å². The Labute approximate surface area is 110 Å². The first kappa shape index (κ1) is 13.3. The van der Waals surface area contributed by atoms with Crippen molar-refractivity contribution in [2.75, 3.05) is 19.0 Å². The van der Waals surface area contributed by atoms with Gasteiger partial charge in [0.15, 0.2) is 11.6 Å². The van der Waals surface area contributed by atoms with E-state index in [9.17, 15) is 8.78 Å². The smallest absolute Gasteiger partial charge is 0.168 e. The van der Waals surface area contributed by atoms with E-state index in [2.05, 4.69) is 10.3 Å². The molecule has 0 saturated carbocycles.